The van der Waals surface area contributed by atoms with Gasteiger partial charge in [-0.3, -0.25) is 4.79 Å². The zero-order valence-electron chi connectivity index (χ0n) is 9.43. The Morgan fingerprint density at radius 1 is 1.29 bits per heavy atom. The molecule has 0 bridgehead atoms. The maximum atomic E-state index is 11.5. The standard InChI is InChI=1S/C12H16N2O3/c13-8-4-7-10(15)14-11(12(16)17)9-5-2-1-3-6-9/h1-3,5-6,11H,4,7-8,13H2,(H,14,15)(H,16,17). The third kappa shape index (κ3) is 4.24. The van der Waals surface area contributed by atoms with E-state index >= 15 is 0 Å². The van der Waals surface area contributed by atoms with Crippen molar-refractivity contribution in [1.29, 1.82) is 0 Å². The first-order chi connectivity index (χ1) is 8.15. The monoisotopic (exact) mass is 236 g/mol. The Morgan fingerprint density at radius 2 is 1.94 bits per heavy atom. The number of nitrogens with one attached hydrogen (secondary N) is 1. The van der Waals surface area contributed by atoms with Gasteiger partial charge in [0.05, 0.1) is 0 Å². The molecule has 0 heterocycles. The first kappa shape index (κ1) is 13.2. The largest absolute Gasteiger partial charge is 0.479 e. The van der Waals surface area contributed by atoms with Crippen molar-refractivity contribution in [2.24, 2.45) is 5.73 Å². The predicted octanol–water partition coefficient (Wildman–Crippen LogP) is 0.667. The summed E-state index contributed by atoms with van der Waals surface area (Å²) < 4.78 is 0. The second-order valence-electron chi connectivity index (χ2n) is 3.64. The third-order valence-electron chi connectivity index (χ3n) is 2.29. The number of amides is 1. The molecule has 1 aromatic rings. The van der Waals surface area contributed by atoms with Crippen LogP contribution in [-0.4, -0.2) is 23.5 Å². The number of hydrogen-bond acceptors (Lipinski definition) is 3. The van der Waals surface area contributed by atoms with Gasteiger partial charge in [-0.25, -0.2) is 4.79 Å². The zero-order chi connectivity index (χ0) is 12.7. The molecule has 0 fully saturated rings. The molecular weight excluding hydrogens is 220 g/mol. The minimum Gasteiger partial charge on any atom is -0.479 e. The van der Waals surface area contributed by atoms with Crippen molar-refractivity contribution >= 4 is 11.9 Å². The Morgan fingerprint density at radius 3 is 2.47 bits per heavy atom. The van der Waals surface area contributed by atoms with Gasteiger partial charge in [0.25, 0.3) is 0 Å². The zero-order valence-corrected chi connectivity index (χ0v) is 9.43. The first-order valence-electron chi connectivity index (χ1n) is 5.42. The summed E-state index contributed by atoms with van der Waals surface area (Å²) in [6.45, 7) is 0.413. The maximum absolute atomic E-state index is 11.5. The lowest BCUT2D eigenvalue weighted by atomic mass is 10.1. The number of benzene rings is 1. The van der Waals surface area contributed by atoms with E-state index in [-0.39, 0.29) is 12.3 Å². The lowest BCUT2D eigenvalue weighted by Crippen LogP contribution is -2.33. The van der Waals surface area contributed by atoms with Gasteiger partial charge < -0.3 is 16.2 Å². The average molecular weight is 236 g/mol. The van der Waals surface area contributed by atoms with Crippen LogP contribution in [0.3, 0.4) is 0 Å². The molecule has 1 aromatic carbocycles. The van der Waals surface area contributed by atoms with Crippen LogP contribution in [0.4, 0.5) is 0 Å². The normalized spacial score (nSPS) is 11.8. The predicted molar refractivity (Wildman–Crippen MR) is 63.2 cm³/mol. The number of hydrogen-bond donors (Lipinski definition) is 3. The van der Waals surface area contributed by atoms with Gasteiger partial charge in [0, 0.05) is 6.42 Å². The maximum Gasteiger partial charge on any atom is 0.330 e. The molecule has 0 radical (unpaired) electrons. The number of carboxylic acids is 1. The van der Waals surface area contributed by atoms with Crippen molar-refractivity contribution in [1.82, 2.24) is 5.32 Å². The van der Waals surface area contributed by atoms with Crippen molar-refractivity contribution < 1.29 is 14.7 Å². The van der Waals surface area contributed by atoms with Gasteiger partial charge in [0.1, 0.15) is 0 Å². The minimum absolute atomic E-state index is 0.243. The quantitative estimate of drug-likeness (QED) is 0.676. The van der Waals surface area contributed by atoms with Gasteiger partial charge in [-0.05, 0) is 18.5 Å². The summed E-state index contributed by atoms with van der Waals surface area (Å²) in [5, 5.41) is 11.5. The second-order valence-corrected chi connectivity index (χ2v) is 3.64. The lowest BCUT2D eigenvalue weighted by Gasteiger charge is -2.14. The van der Waals surface area contributed by atoms with Gasteiger partial charge >= 0.3 is 5.97 Å². The molecule has 17 heavy (non-hydrogen) atoms. The van der Waals surface area contributed by atoms with E-state index in [1.165, 1.54) is 0 Å². The Hall–Kier alpha value is -1.88. The van der Waals surface area contributed by atoms with Crippen LogP contribution in [0.2, 0.25) is 0 Å². The van der Waals surface area contributed by atoms with Crippen molar-refractivity contribution in [2.45, 2.75) is 18.9 Å². The van der Waals surface area contributed by atoms with Gasteiger partial charge in [-0.2, -0.15) is 0 Å². The summed E-state index contributed by atoms with van der Waals surface area (Å²) in [7, 11) is 0. The molecule has 0 spiro atoms. The number of carboxylic acid groups (broad SMARTS) is 1. The highest BCUT2D eigenvalue weighted by molar-refractivity contribution is 5.84. The fourth-order valence-electron chi connectivity index (χ4n) is 1.43. The molecule has 92 valence electrons. The van der Waals surface area contributed by atoms with Crippen molar-refractivity contribution in [3.63, 3.8) is 0 Å². The van der Waals surface area contributed by atoms with E-state index in [1.807, 2.05) is 0 Å². The summed E-state index contributed by atoms with van der Waals surface area (Å²) >= 11 is 0. The van der Waals surface area contributed by atoms with Crippen molar-refractivity contribution in [2.75, 3.05) is 6.54 Å². The molecule has 0 saturated carbocycles. The van der Waals surface area contributed by atoms with E-state index in [4.69, 9.17) is 10.8 Å². The van der Waals surface area contributed by atoms with Crippen molar-refractivity contribution in [3.05, 3.63) is 35.9 Å². The molecule has 5 nitrogen and oxygen atoms in total. The van der Waals surface area contributed by atoms with Crippen LogP contribution < -0.4 is 11.1 Å². The molecule has 0 aliphatic rings. The van der Waals surface area contributed by atoms with E-state index in [0.29, 0.717) is 18.5 Å². The topological polar surface area (TPSA) is 92.4 Å². The molecule has 0 aliphatic carbocycles. The second kappa shape index (κ2) is 6.65. The van der Waals surface area contributed by atoms with E-state index in [9.17, 15) is 9.59 Å². The minimum atomic E-state index is -1.07. The Kier molecular flexibility index (Phi) is 5.16. The van der Waals surface area contributed by atoms with Gasteiger partial charge in [0.2, 0.25) is 5.91 Å². The molecule has 1 atom stereocenters. The number of aliphatic carboxylic acids is 1. The summed E-state index contributed by atoms with van der Waals surface area (Å²) in [5.74, 6) is -1.37. The highest BCUT2D eigenvalue weighted by Gasteiger charge is 2.21. The molecule has 4 N–H and O–H groups in total. The molecule has 1 rings (SSSR count). The van der Waals surface area contributed by atoms with Gasteiger partial charge in [0.15, 0.2) is 6.04 Å². The summed E-state index contributed by atoms with van der Waals surface area (Å²) in [6.07, 6.45) is 0.792. The fraction of sp³-hybridized carbons (Fsp3) is 0.333. The summed E-state index contributed by atoms with van der Waals surface area (Å²) in [6, 6.07) is 7.60. The molecule has 1 amide bonds. The molecule has 0 aliphatic heterocycles. The molecular formula is C12H16N2O3. The van der Waals surface area contributed by atoms with Crippen molar-refractivity contribution in [3.8, 4) is 0 Å². The number of carbonyl (C=O) groups excluding carboxylic acids is 1. The number of rotatable bonds is 6. The van der Waals surface area contributed by atoms with Crippen LogP contribution in [0.1, 0.15) is 24.4 Å². The van der Waals surface area contributed by atoms with Gasteiger partial charge in [-0.1, -0.05) is 30.3 Å². The Bertz CT molecular complexity index is 379. The molecule has 0 saturated heterocycles. The molecule has 1 unspecified atom stereocenters. The highest BCUT2D eigenvalue weighted by Crippen LogP contribution is 2.12. The lowest BCUT2D eigenvalue weighted by molar-refractivity contribution is -0.142. The highest BCUT2D eigenvalue weighted by atomic mass is 16.4. The number of carbonyl (C=O) groups is 2. The first-order valence-corrected chi connectivity index (χ1v) is 5.42. The van der Waals surface area contributed by atoms with Crippen LogP contribution in [0.5, 0.6) is 0 Å². The summed E-state index contributed by atoms with van der Waals surface area (Å²) in [4.78, 5) is 22.5. The van der Waals surface area contributed by atoms with Crippen LogP contribution in [0.25, 0.3) is 0 Å². The average Bonchev–Trinajstić information content (AvgIpc) is 2.34. The van der Waals surface area contributed by atoms with E-state index < -0.39 is 12.0 Å². The van der Waals surface area contributed by atoms with E-state index in [2.05, 4.69) is 5.32 Å². The van der Waals surface area contributed by atoms with E-state index in [0.717, 1.165) is 0 Å². The smallest absolute Gasteiger partial charge is 0.330 e. The van der Waals surface area contributed by atoms with Gasteiger partial charge in [-0.15, -0.1) is 0 Å². The van der Waals surface area contributed by atoms with E-state index in [1.54, 1.807) is 30.3 Å². The molecule has 5 heteroatoms. The fourth-order valence-corrected chi connectivity index (χ4v) is 1.43. The third-order valence-corrected chi connectivity index (χ3v) is 2.29. The number of nitrogens with two attached hydrogens (primary N) is 1. The Labute approximate surface area is 99.6 Å². The Balaban J connectivity index is 2.68. The van der Waals surface area contributed by atoms with Crippen LogP contribution in [-0.2, 0) is 9.59 Å². The summed E-state index contributed by atoms with van der Waals surface area (Å²) in [5.41, 5.74) is 5.84. The van der Waals surface area contributed by atoms with Crippen LogP contribution in [0, 0.1) is 0 Å². The van der Waals surface area contributed by atoms with Crippen LogP contribution >= 0.6 is 0 Å². The molecule has 0 aromatic heterocycles. The SMILES string of the molecule is NCCCC(=O)NC(C(=O)O)c1ccccc1. The van der Waals surface area contributed by atoms with Crippen LogP contribution in [0.15, 0.2) is 30.3 Å².